The minimum atomic E-state index is 0.737. The molecule has 0 saturated heterocycles. The molecule has 0 unspecified atom stereocenters. The van der Waals surface area contributed by atoms with Crippen LogP contribution in [-0.2, 0) is 13.1 Å². The lowest BCUT2D eigenvalue weighted by molar-refractivity contribution is 0.392. The molecule has 0 heterocycles. The van der Waals surface area contributed by atoms with E-state index in [1.165, 1.54) is 24.0 Å². The molecule has 3 heteroatoms. The molecule has 17 heavy (non-hydrogen) atoms. The van der Waals surface area contributed by atoms with Crippen molar-refractivity contribution in [1.29, 1.82) is 0 Å². The van der Waals surface area contributed by atoms with Gasteiger partial charge in [-0.2, -0.15) is 0 Å². The molecule has 3 nitrogen and oxygen atoms in total. The standard InChI is InChI=1S/C14H22N2O/c1-16(2)10-11-4-5-12(14(8-11)17-3)9-15-13-6-7-13/h4-5,8,13,15H,6-7,9-10H2,1-3H3. The molecular formula is C14H22N2O. The van der Waals surface area contributed by atoms with Gasteiger partial charge in [0, 0.05) is 24.7 Å². The Bertz CT molecular complexity index is 372. The van der Waals surface area contributed by atoms with E-state index in [0.717, 1.165) is 24.9 Å². The molecule has 1 aromatic carbocycles. The van der Waals surface area contributed by atoms with Gasteiger partial charge in [0.2, 0.25) is 0 Å². The summed E-state index contributed by atoms with van der Waals surface area (Å²) < 4.78 is 5.46. The van der Waals surface area contributed by atoms with E-state index < -0.39 is 0 Å². The summed E-state index contributed by atoms with van der Waals surface area (Å²) in [5.41, 5.74) is 2.55. The van der Waals surface area contributed by atoms with Crippen LogP contribution in [-0.4, -0.2) is 32.1 Å². The van der Waals surface area contributed by atoms with E-state index in [1.54, 1.807) is 7.11 Å². The molecule has 0 aliphatic heterocycles. The summed E-state index contributed by atoms with van der Waals surface area (Å²) in [5, 5.41) is 3.52. The van der Waals surface area contributed by atoms with Crippen molar-refractivity contribution in [3.8, 4) is 5.75 Å². The maximum Gasteiger partial charge on any atom is 0.123 e. The minimum Gasteiger partial charge on any atom is -0.496 e. The van der Waals surface area contributed by atoms with Gasteiger partial charge in [-0.1, -0.05) is 12.1 Å². The zero-order valence-corrected chi connectivity index (χ0v) is 11.0. The predicted octanol–water partition coefficient (Wildman–Crippen LogP) is 2.01. The van der Waals surface area contributed by atoms with Crippen molar-refractivity contribution in [1.82, 2.24) is 10.2 Å². The topological polar surface area (TPSA) is 24.5 Å². The van der Waals surface area contributed by atoms with Gasteiger partial charge >= 0.3 is 0 Å². The Morgan fingerprint density at radius 2 is 2.12 bits per heavy atom. The van der Waals surface area contributed by atoms with Crippen molar-refractivity contribution >= 4 is 0 Å². The van der Waals surface area contributed by atoms with Crippen LogP contribution >= 0.6 is 0 Å². The monoisotopic (exact) mass is 234 g/mol. The number of benzene rings is 1. The maximum absolute atomic E-state index is 5.46. The van der Waals surface area contributed by atoms with Crippen LogP contribution in [0.1, 0.15) is 24.0 Å². The molecule has 0 radical (unpaired) electrons. The van der Waals surface area contributed by atoms with Crippen LogP contribution in [0.25, 0.3) is 0 Å². The van der Waals surface area contributed by atoms with Gasteiger partial charge in [-0.15, -0.1) is 0 Å². The fourth-order valence-corrected chi connectivity index (χ4v) is 1.94. The lowest BCUT2D eigenvalue weighted by Gasteiger charge is -2.14. The lowest BCUT2D eigenvalue weighted by atomic mass is 10.1. The summed E-state index contributed by atoms with van der Waals surface area (Å²) >= 11 is 0. The van der Waals surface area contributed by atoms with E-state index in [-0.39, 0.29) is 0 Å². The second-order valence-electron chi connectivity index (χ2n) is 5.04. The number of nitrogens with one attached hydrogen (secondary N) is 1. The number of ether oxygens (including phenoxy) is 1. The van der Waals surface area contributed by atoms with Gasteiger partial charge in [-0.25, -0.2) is 0 Å². The molecule has 1 saturated carbocycles. The van der Waals surface area contributed by atoms with Crippen LogP contribution in [0.2, 0.25) is 0 Å². The first-order valence-corrected chi connectivity index (χ1v) is 6.23. The predicted molar refractivity (Wildman–Crippen MR) is 70.2 cm³/mol. The molecule has 2 rings (SSSR count). The Morgan fingerprint density at radius 1 is 1.35 bits per heavy atom. The number of hydrogen-bond donors (Lipinski definition) is 1. The van der Waals surface area contributed by atoms with Crippen molar-refractivity contribution in [2.24, 2.45) is 0 Å². The summed E-state index contributed by atoms with van der Waals surface area (Å²) in [6.07, 6.45) is 2.64. The van der Waals surface area contributed by atoms with Crippen molar-refractivity contribution in [2.45, 2.75) is 32.0 Å². The second kappa shape index (κ2) is 5.52. The molecule has 1 fully saturated rings. The zero-order valence-electron chi connectivity index (χ0n) is 11.0. The first kappa shape index (κ1) is 12.4. The highest BCUT2D eigenvalue weighted by atomic mass is 16.5. The minimum absolute atomic E-state index is 0.737. The molecule has 1 aliphatic rings. The van der Waals surface area contributed by atoms with Crippen LogP contribution in [0.5, 0.6) is 5.75 Å². The van der Waals surface area contributed by atoms with E-state index in [0.29, 0.717) is 0 Å². The summed E-state index contributed by atoms with van der Waals surface area (Å²) in [6.45, 7) is 1.86. The molecule has 1 aliphatic carbocycles. The Balaban J connectivity index is 2.03. The van der Waals surface area contributed by atoms with Gasteiger partial charge in [0.1, 0.15) is 5.75 Å². The highest BCUT2D eigenvalue weighted by Gasteiger charge is 2.20. The quantitative estimate of drug-likeness (QED) is 0.815. The number of hydrogen-bond acceptors (Lipinski definition) is 3. The zero-order chi connectivity index (χ0) is 12.3. The van der Waals surface area contributed by atoms with Crippen molar-refractivity contribution in [2.75, 3.05) is 21.2 Å². The van der Waals surface area contributed by atoms with Gasteiger partial charge in [0.25, 0.3) is 0 Å². The lowest BCUT2D eigenvalue weighted by Crippen LogP contribution is -2.16. The summed E-state index contributed by atoms with van der Waals surface area (Å²) in [7, 11) is 5.90. The van der Waals surface area contributed by atoms with Crippen LogP contribution in [0.15, 0.2) is 18.2 Å². The third-order valence-electron chi connectivity index (χ3n) is 3.01. The van der Waals surface area contributed by atoms with Crippen molar-refractivity contribution in [3.63, 3.8) is 0 Å². The third-order valence-corrected chi connectivity index (χ3v) is 3.01. The first-order valence-electron chi connectivity index (χ1n) is 6.23. The highest BCUT2D eigenvalue weighted by molar-refractivity contribution is 5.37. The van der Waals surface area contributed by atoms with E-state index in [1.807, 2.05) is 0 Å². The first-order chi connectivity index (χ1) is 8.19. The Labute approximate surface area is 104 Å². The summed E-state index contributed by atoms with van der Waals surface area (Å²) in [5.74, 6) is 0.998. The Kier molecular flexibility index (Phi) is 4.02. The highest BCUT2D eigenvalue weighted by Crippen LogP contribution is 2.24. The van der Waals surface area contributed by atoms with E-state index in [2.05, 4.69) is 42.5 Å². The van der Waals surface area contributed by atoms with Gasteiger partial charge in [0.15, 0.2) is 0 Å². The Morgan fingerprint density at radius 3 is 2.71 bits per heavy atom. The largest absolute Gasteiger partial charge is 0.496 e. The maximum atomic E-state index is 5.46. The number of nitrogens with zero attached hydrogens (tertiary/aromatic N) is 1. The molecule has 1 N–H and O–H groups in total. The van der Waals surface area contributed by atoms with Crippen LogP contribution < -0.4 is 10.1 Å². The molecule has 0 spiro atoms. The van der Waals surface area contributed by atoms with Gasteiger partial charge in [-0.05, 0) is 38.6 Å². The fraction of sp³-hybridized carbons (Fsp3) is 0.571. The van der Waals surface area contributed by atoms with Crippen LogP contribution in [0, 0.1) is 0 Å². The summed E-state index contributed by atoms with van der Waals surface area (Å²) in [4.78, 5) is 2.16. The average Bonchev–Trinajstić information content (AvgIpc) is 3.10. The van der Waals surface area contributed by atoms with Gasteiger partial charge in [0.05, 0.1) is 7.11 Å². The SMILES string of the molecule is COc1cc(CN(C)C)ccc1CNC1CC1. The van der Waals surface area contributed by atoms with Gasteiger partial charge < -0.3 is 15.0 Å². The molecule has 0 aromatic heterocycles. The number of rotatable bonds is 6. The van der Waals surface area contributed by atoms with Crippen molar-refractivity contribution in [3.05, 3.63) is 29.3 Å². The smallest absolute Gasteiger partial charge is 0.123 e. The molecule has 94 valence electrons. The second-order valence-corrected chi connectivity index (χ2v) is 5.04. The molecular weight excluding hydrogens is 212 g/mol. The third kappa shape index (κ3) is 3.72. The average molecular weight is 234 g/mol. The molecule has 0 bridgehead atoms. The van der Waals surface area contributed by atoms with Gasteiger partial charge in [-0.3, -0.25) is 0 Å². The van der Waals surface area contributed by atoms with E-state index in [4.69, 9.17) is 4.74 Å². The Hall–Kier alpha value is -1.06. The number of methoxy groups -OCH3 is 1. The molecule has 0 amide bonds. The van der Waals surface area contributed by atoms with Crippen molar-refractivity contribution < 1.29 is 4.74 Å². The summed E-state index contributed by atoms with van der Waals surface area (Å²) in [6, 6.07) is 7.24. The fourth-order valence-electron chi connectivity index (χ4n) is 1.94. The molecule has 0 atom stereocenters. The molecule has 1 aromatic rings. The van der Waals surface area contributed by atoms with Crippen LogP contribution in [0.4, 0.5) is 0 Å². The van der Waals surface area contributed by atoms with E-state index >= 15 is 0 Å². The normalized spacial score (nSPS) is 15.3. The van der Waals surface area contributed by atoms with Crippen LogP contribution in [0.3, 0.4) is 0 Å². The van der Waals surface area contributed by atoms with E-state index in [9.17, 15) is 0 Å².